The molecule has 0 bridgehead atoms. The standard InChI is InChI=1S/C21H19NO6S/c1-14-5-2-3-6-16(14)21(23)22-12-20(18-7-4-10-26-18)29(24,25)15-8-9-17-19(11-15)28-13-27-17/h2-11,20H,12-13H2,1H3,(H,22,23)/t20-/m0/s1. The van der Waals surface area contributed by atoms with Crippen molar-refractivity contribution < 1.29 is 27.1 Å². The highest BCUT2D eigenvalue weighted by Gasteiger charge is 2.33. The third-order valence-corrected chi connectivity index (χ3v) is 6.80. The molecule has 2 aromatic carbocycles. The molecular weight excluding hydrogens is 394 g/mol. The zero-order chi connectivity index (χ0) is 20.4. The average Bonchev–Trinajstić information content (AvgIpc) is 3.39. The molecule has 3 aromatic rings. The quantitative estimate of drug-likeness (QED) is 0.667. The second kappa shape index (κ2) is 7.63. The molecule has 2 heterocycles. The van der Waals surface area contributed by atoms with Crippen molar-refractivity contribution in [3.63, 3.8) is 0 Å². The van der Waals surface area contributed by atoms with Gasteiger partial charge in [-0.15, -0.1) is 0 Å². The van der Waals surface area contributed by atoms with Crippen LogP contribution in [-0.2, 0) is 9.84 Å². The lowest BCUT2D eigenvalue weighted by Crippen LogP contribution is -2.32. The van der Waals surface area contributed by atoms with E-state index in [-0.39, 0.29) is 29.9 Å². The number of rotatable bonds is 6. The molecule has 0 saturated carbocycles. The third kappa shape index (κ3) is 3.71. The fourth-order valence-corrected chi connectivity index (χ4v) is 4.76. The molecule has 0 spiro atoms. The summed E-state index contributed by atoms with van der Waals surface area (Å²) in [4.78, 5) is 12.6. The number of sulfone groups is 1. The van der Waals surface area contributed by atoms with E-state index in [1.165, 1.54) is 18.4 Å². The highest BCUT2D eigenvalue weighted by Crippen LogP contribution is 2.37. The van der Waals surface area contributed by atoms with Crippen molar-refractivity contribution in [2.45, 2.75) is 17.1 Å². The van der Waals surface area contributed by atoms with Crippen molar-refractivity contribution >= 4 is 15.7 Å². The fourth-order valence-electron chi connectivity index (χ4n) is 3.16. The largest absolute Gasteiger partial charge is 0.468 e. The van der Waals surface area contributed by atoms with Gasteiger partial charge in [0.05, 0.1) is 11.2 Å². The zero-order valence-electron chi connectivity index (χ0n) is 15.6. The Labute approximate surface area is 168 Å². The molecule has 8 heteroatoms. The molecule has 7 nitrogen and oxygen atoms in total. The van der Waals surface area contributed by atoms with Crippen LogP contribution in [0.1, 0.15) is 26.9 Å². The summed E-state index contributed by atoms with van der Waals surface area (Å²) in [6.45, 7) is 1.73. The van der Waals surface area contributed by atoms with Gasteiger partial charge in [-0.2, -0.15) is 0 Å². The van der Waals surface area contributed by atoms with Crippen LogP contribution in [0.15, 0.2) is 70.2 Å². The summed E-state index contributed by atoms with van der Waals surface area (Å²) < 4.78 is 42.6. The van der Waals surface area contributed by atoms with Crippen molar-refractivity contribution in [1.29, 1.82) is 0 Å². The maximum Gasteiger partial charge on any atom is 0.251 e. The number of carbonyl (C=O) groups is 1. The lowest BCUT2D eigenvalue weighted by Gasteiger charge is -2.17. The van der Waals surface area contributed by atoms with Crippen molar-refractivity contribution in [2.75, 3.05) is 13.3 Å². The van der Waals surface area contributed by atoms with Gasteiger partial charge < -0.3 is 19.2 Å². The van der Waals surface area contributed by atoms with Gasteiger partial charge in [0.15, 0.2) is 21.3 Å². The van der Waals surface area contributed by atoms with E-state index in [1.807, 2.05) is 19.1 Å². The zero-order valence-corrected chi connectivity index (χ0v) is 16.4. The van der Waals surface area contributed by atoms with Gasteiger partial charge in [0.1, 0.15) is 11.0 Å². The summed E-state index contributed by atoms with van der Waals surface area (Å²) in [7, 11) is -3.88. The van der Waals surface area contributed by atoms with Gasteiger partial charge >= 0.3 is 0 Å². The van der Waals surface area contributed by atoms with Crippen molar-refractivity contribution in [3.05, 3.63) is 77.7 Å². The molecule has 29 heavy (non-hydrogen) atoms. The maximum atomic E-state index is 13.3. The van der Waals surface area contributed by atoms with Crippen LogP contribution in [0.2, 0.25) is 0 Å². The van der Waals surface area contributed by atoms with Crippen LogP contribution in [0.5, 0.6) is 11.5 Å². The number of benzene rings is 2. The van der Waals surface area contributed by atoms with Crippen molar-refractivity contribution in [2.24, 2.45) is 0 Å². The monoisotopic (exact) mass is 413 g/mol. The van der Waals surface area contributed by atoms with Gasteiger partial charge in [-0.05, 0) is 42.8 Å². The number of fused-ring (bicyclic) bond motifs is 1. The van der Waals surface area contributed by atoms with Crippen LogP contribution in [0, 0.1) is 6.92 Å². The lowest BCUT2D eigenvalue weighted by atomic mass is 10.1. The molecule has 1 N–H and O–H groups in total. The topological polar surface area (TPSA) is 94.8 Å². The first-order valence-electron chi connectivity index (χ1n) is 8.97. The summed E-state index contributed by atoms with van der Waals surface area (Å²) in [6.07, 6.45) is 1.40. The van der Waals surface area contributed by atoms with Gasteiger partial charge in [0, 0.05) is 18.2 Å². The molecular formula is C21H19NO6S. The smallest absolute Gasteiger partial charge is 0.251 e. The first-order chi connectivity index (χ1) is 14.0. The molecule has 0 unspecified atom stereocenters. The number of aryl methyl sites for hydroxylation is 1. The molecule has 150 valence electrons. The van der Waals surface area contributed by atoms with Crippen LogP contribution >= 0.6 is 0 Å². The molecule has 0 radical (unpaired) electrons. The van der Waals surface area contributed by atoms with E-state index in [2.05, 4.69) is 5.32 Å². The van der Waals surface area contributed by atoms with E-state index < -0.39 is 15.1 Å². The molecule has 0 aliphatic carbocycles. The molecule has 1 atom stereocenters. The van der Waals surface area contributed by atoms with Gasteiger partial charge in [0.25, 0.3) is 5.91 Å². The predicted molar refractivity (Wildman–Crippen MR) is 105 cm³/mol. The van der Waals surface area contributed by atoms with E-state index in [4.69, 9.17) is 13.9 Å². The van der Waals surface area contributed by atoms with E-state index in [9.17, 15) is 13.2 Å². The molecule has 4 rings (SSSR count). The lowest BCUT2D eigenvalue weighted by molar-refractivity contribution is 0.0952. The predicted octanol–water partition coefficient (Wildman–Crippen LogP) is 3.26. The number of hydrogen-bond donors (Lipinski definition) is 1. The van der Waals surface area contributed by atoms with Crippen molar-refractivity contribution in [1.82, 2.24) is 5.32 Å². The highest BCUT2D eigenvalue weighted by atomic mass is 32.2. The number of ether oxygens (including phenoxy) is 2. The SMILES string of the molecule is Cc1ccccc1C(=O)NC[C@@H](c1ccco1)S(=O)(=O)c1ccc2c(c1)OCO2. The Bertz CT molecular complexity index is 1140. The minimum Gasteiger partial charge on any atom is -0.468 e. The minimum atomic E-state index is -3.88. The van der Waals surface area contributed by atoms with E-state index in [0.717, 1.165) is 5.56 Å². The highest BCUT2D eigenvalue weighted by molar-refractivity contribution is 7.91. The number of carbonyl (C=O) groups excluding carboxylic acids is 1. The van der Waals surface area contributed by atoms with Crippen LogP contribution in [0.4, 0.5) is 0 Å². The van der Waals surface area contributed by atoms with Crippen molar-refractivity contribution in [3.8, 4) is 11.5 Å². The Morgan fingerprint density at radius 1 is 1.07 bits per heavy atom. The summed E-state index contributed by atoms with van der Waals surface area (Å²) >= 11 is 0. The Kier molecular flexibility index (Phi) is 5.02. The molecule has 1 aliphatic rings. The second-order valence-corrected chi connectivity index (χ2v) is 8.72. The normalized spacial score (nSPS) is 13.8. The van der Waals surface area contributed by atoms with Crippen LogP contribution in [-0.4, -0.2) is 27.7 Å². The molecule has 1 amide bonds. The Morgan fingerprint density at radius 2 is 1.86 bits per heavy atom. The summed E-state index contributed by atoms with van der Waals surface area (Å²) in [5.41, 5.74) is 1.30. The number of nitrogens with one attached hydrogen (secondary N) is 1. The molecule has 0 fully saturated rings. The summed E-state index contributed by atoms with van der Waals surface area (Å²) in [5, 5.41) is 1.63. The maximum absolute atomic E-state index is 13.3. The van der Waals surface area contributed by atoms with Gasteiger partial charge in [-0.3, -0.25) is 4.79 Å². The van der Waals surface area contributed by atoms with E-state index in [0.29, 0.717) is 17.1 Å². The Hall–Kier alpha value is -3.26. The van der Waals surface area contributed by atoms with E-state index >= 15 is 0 Å². The van der Waals surface area contributed by atoms with Gasteiger partial charge in [0.2, 0.25) is 6.79 Å². The first-order valence-corrected chi connectivity index (χ1v) is 10.5. The molecule has 1 aliphatic heterocycles. The van der Waals surface area contributed by atoms with Gasteiger partial charge in [-0.1, -0.05) is 18.2 Å². The second-order valence-electron chi connectivity index (χ2n) is 6.59. The molecule has 1 aromatic heterocycles. The van der Waals surface area contributed by atoms with Crippen LogP contribution in [0.3, 0.4) is 0 Å². The van der Waals surface area contributed by atoms with Crippen LogP contribution < -0.4 is 14.8 Å². The Morgan fingerprint density at radius 3 is 2.62 bits per heavy atom. The van der Waals surface area contributed by atoms with Gasteiger partial charge in [-0.25, -0.2) is 8.42 Å². The average molecular weight is 413 g/mol. The third-order valence-electron chi connectivity index (χ3n) is 4.75. The summed E-state index contributed by atoms with van der Waals surface area (Å²) in [5.74, 6) is 0.757. The number of amides is 1. The Balaban J connectivity index is 1.62. The minimum absolute atomic E-state index is 0.0485. The first kappa shape index (κ1) is 19.1. The number of hydrogen-bond acceptors (Lipinski definition) is 6. The van der Waals surface area contributed by atoms with Crippen LogP contribution in [0.25, 0.3) is 0 Å². The van der Waals surface area contributed by atoms with E-state index in [1.54, 1.807) is 30.3 Å². The summed E-state index contributed by atoms with van der Waals surface area (Å²) in [6, 6.07) is 14.7. The fraction of sp³-hybridized carbons (Fsp3) is 0.190. The number of furan rings is 1. The molecule has 0 saturated heterocycles.